The number of hydrogen-bond acceptors (Lipinski definition) is 3. The van der Waals surface area contributed by atoms with E-state index in [2.05, 4.69) is 20.7 Å². The predicted molar refractivity (Wildman–Crippen MR) is 62.5 cm³/mol. The van der Waals surface area contributed by atoms with Gasteiger partial charge in [0.1, 0.15) is 11.9 Å². The van der Waals surface area contributed by atoms with E-state index in [0.29, 0.717) is 17.3 Å². The van der Waals surface area contributed by atoms with E-state index >= 15 is 0 Å². The average molecular weight is 311 g/mol. The van der Waals surface area contributed by atoms with Crippen molar-refractivity contribution in [3.05, 3.63) is 29.8 Å². The Hall–Kier alpha value is -0.720. The van der Waals surface area contributed by atoms with Crippen LogP contribution in [0.25, 0.3) is 0 Å². The first-order valence-electron chi connectivity index (χ1n) is 5.01. The summed E-state index contributed by atoms with van der Waals surface area (Å²) in [5.41, 5.74) is 0.344. The molecule has 96 valence electrons. The van der Waals surface area contributed by atoms with Gasteiger partial charge in [-0.15, -0.1) is 0 Å². The fourth-order valence-electron chi connectivity index (χ4n) is 1.37. The molecule has 0 aliphatic carbocycles. The molecule has 2 atom stereocenters. The van der Waals surface area contributed by atoms with Crippen molar-refractivity contribution < 1.29 is 23.7 Å². The maximum atomic E-state index is 12.0. The van der Waals surface area contributed by atoms with Crippen molar-refractivity contribution in [3.63, 3.8) is 0 Å². The average Bonchev–Trinajstić information content (AvgIpc) is 2.28. The summed E-state index contributed by atoms with van der Waals surface area (Å²) in [5.74, 6) is -0.0393. The van der Waals surface area contributed by atoms with Gasteiger partial charge < -0.3 is 14.9 Å². The van der Waals surface area contributed by atoms with Gasteiger partial charge in [-0.25, -0.2) is 0 Å². The highest BCUT2D eigenvalue weighted by Gasteiger charge is 2.18. The third kappa shape index (κ3) is 4.57. The maximum absolute atomic E-state index is 12.0. The van der Waals surface area contributed by atoms with Crippen LogP contribution < -0.4 is 4.74 Å². The van der Waals surface area contributed by atoms with Crippen molar-refractivity contribution in [1.29, 1.82) is 0 Å². The molecule has 0 aromatic heterocycles. The molecule has 1 aromatic rings. The Morgan fingerprint density at radius 3 is 2.59 bits per heavy atom. The summed E-state index contributed by atoms with van der Waals surface area (Å²) in [4.78, 5) is 0. The zero-order chi connectivity index (χ0) is 12.8. The van der Waals surface area contributed by atoms with E-state index in [1.165, 1.54) is 18.2 Å². The van der Waals surface area contributed by atoms with E-state index in [1.54, 1.807) is 6.07 Å². The minimum atomic E-state index is -2.91. The molecule has 0 amide bonds. The first-order chi connectivity index (χ1) is 8.04. The number of aliphatic hydroxyl groups is 2. The van der Waals surface area contributed by atoms with Gasteiger partial charge in [0.2, 0.25) is 0 Å². The van der Waals surface area contributed by atoms with Crippen molar-refractivity contribution in [2.24, 2.45) is 0 Å². The van der Waals surface area contributed by atoms with Crippen LogP contribution in [0.4, 0.5) is 8.78 Å². The molecule has 0 saturated carbocycles. The highest BCUT2D eigenvalue weighted by atomic mass is 79.9. The topological polar surface area (TPSA) is 49.7 Å². The van der Waals surface area contributed by atoms with Crippen molar-refractivity contribution in [2.45, 2.75) is 25.2 Å². The van der Waals surface area contributed by atoms with Crippen molar-refractivity contribution in [2.75, 3.05) is 5.33 Å². The standard InChI is InChI=1S/C11H13BrF2O3/c12-5-4-9(15)10(16)7-2-1-3-8(6-7)17-11(13)14/h1-3,6,9-11,15-16H,4-5H2. The Morgan fingerprint density at radius 1 is 1.29 bits per heavy atom. The Bertz CT molecular complexity index is 349. The lowest BCUT2D eigenvalue weighted by Crippen LogP contribution is -2.18. The predicted octanol–water partition coefficient (Wildman–Crippen LogP) is 2.47. The molecule has 0 radical (unpaired) electrons. The van der Waals surface area contributed by atoms with E-state index in [4.69, 9.17) is 0 Å². The van der Waals surface area contributed by atoms with Gasteiger partial charge in [-0.1, -0.05) is 28.1 Å². The van der Waals surface area contributed by atoms with E-state index in [-0.39, 0.29) is 5.75 Å². The quantitative estimate of drug-likeness (QED) is 0.794. The second-order valence-electron chi connectivity index (χ2n) is 3.44. The lowest BCUT2D eigenvalue weighted by molar-refractivity contribution is -0.0501. The summed E-state index contributed by atoms with van der Waals surface area (Å²) in [5, 5.41) is 19.9. The summed E-state index contributed by atoms with van der Waals surface area (Å²) < 4.78 is 28.2. The van der Waals surface area contributed by atoms with Crippen molar-refractivity contribution in [1.82, 2.24) is 0 Å². The Balaban J connectivity index is 2.76. The molecule has 0 fully saturated rings. The Labute approximate surface area is 106 Å². The number of ether oxygens (including phenoxy) is 1. The summed E-state index contributed by atoms with van der Waals surface area (Å²) in [6.45, 7) is -2.91. The molecule has 17 heavy (non-hydrogen) atoms. The summed E-state index contributed by atoms with van der Waals surface area (Å²) in [6.07, 6.45) is -1.70. The molecule has 0 aliphatic rings. The normalized spacial score (nSPS) is 14.7. The van der Waals surface area contributed by atoms with Gasteiger partial charge in [0, 0.05) is 5.33 Å². The van der Waals surface area contributed by atoms with Gasteiger partial charge in [0.05, 0.1) is 6.10 Å². The second-order valence-corrected chi connectivity index (χ2v) is 4.23. The number of alkyl halides is 3. The van der Waals surface area contributed by atoms with Gasteiger partial charge in [-0.3, -0.25) is 0 Å². The molecule has 0 spiro atoms. The second kappa shape index (κ2) is 6.88. The van der Waals surface area contributed by atoms with Gasteiger partial charge in [-0.05, 0) is 24.1 Å². The molecule has 0 aliphatic heterocycles. The van der Waals surface area contributed by atoms with Gasteiger partial charge in [-0.2, -0.15) is 8.78 Å². The van der Waals surface area contributed by atoms with Gasteiger partial charge in [0.15, 0.2) is 0 Å². The Kier molecular flexibility index (Phi) is 5.80. The number of aliphatic hydroxyl groups excluding tert-OH is 2. The lowest BCUT2D eigenvalue weighted by atomic mass is 10.0. The number of benzene rings is 1. The van der Waals surface area contributed by atoms with E-state index < -0.39 is 18.8 Å². The molecule has 1 rings (SSSR count). The maximum Gasteiger partial charge on any atom is 0.387 e. The van der Waals surface area contributed by atoms with Gasteiger partial charge in [0.25, 0.3) is 0 Å². The van der Waals surface area contributed by atoms with Crippen LogP contribution in [0.3, 0.4) is 0 Å². The van der Waals surface area contributed by atoms with Crippen molar-refractivity contribution in [3.8, 4) is 5.75 Å². The van der Waals surface area contributed by atoms with Crippen molar-refractivity contribution >= 4 is 15.9 Å². The van der Waals surface area contributed by atoms with Crippen LogP contribution in [0.1, 0.15) is 18.1 Å². The number of hydrogen-bond donors (Lipinski definition) is 2. The van der Waals surface area contributed by atoms with E-state index in [0.717, 1.165) is 0 Å². The third-order valence-electron chi connectivity index (χ3n) is 2.19. The lowest BCUT2D eigenvalue weighted by Gasteiger charge is -2.17. The highest BCUT2D eigenvalue weighted by Crippen LogP contribution is 2.24. The fourth-order valence-corrected chi connectivity index (χ4v) is 1.84. The molecule has 0 saturated heterocycles. The van der Waals surface area contributed by atoms with Gasteiger partial charge >= 0.3 is 6.61 Å². The third-order valence-corrected chi connectivity index (χ3v) is 2.65. The Morgan fingerprint density at radius 2 is 2.00 bits per heavy atom. The molecular formula is C11H13BrF2O3. The van der Waals surface area contributed by atoms with E-state index in [1.807, 2.05) is 0 Å². The summed E-state index contributed by atoms with van der Waals surface area (Å²) in [6, 6.07) is 5.67. The zero-order valence-corrected chi connectivity index (χ0v) is 10.5. The van der Waals surface area contributed by atoms with Crippen LogP contribution >= 0.6 is 15.9 Å². The molecule has 2 N–H and O–H groups in total. The molecule has 2 unspecified atom stereocenters. The van der Waals surface area contributed by atoms with Crippen LogP contribution in [-0.2, 0) is 0 Å². The fraction of sp³-hybridized carbons (Fsp3) is 0.455. The highest BCUT2D eigenvalue weighted by molar-refractivity contribution is 9.09. The molecule has 1 aromatic carbocycles. The first-order valence-corrected chi connectivity index (χ1v) is 6.13. The van der Waals surface area contributed by atoms with Crippen LogP contribution in [0.5, 0.6) is 5.75 Å². The first kappa shape index (κ1) is 14.3. The smallest absolute Gasteiger partial charge is 0.387 e. The SMILES string of the molecule is OC(CCBr)C(O)c1cccc(OC(F)F)c1. The number of halogens is 3. The summed E-state index contributed by atoms with van der Waals surface area (Å²) >= 11 is 3.14. The van der Waals surface area contributed by atoms with Crippen LogP contribution in [-0.4, -0.2) is 28.3 Å². The molecule has 6 heteroatoms. The monoisotopic (exact) mass is 310 g/mol. The molecule has 3 nitrogen and oxygen atoms in total. The minimum absolute atomic E-state index is 0.0393. The zero-order valence-electron chi connectivity index (χ0n) is 8.89. The molecule has 0 bridgehead atoms. The molecular weight excluding hydrogens is 298 g/mol. The minimum Gasteiger partial charge on any atom is -0.435 e. The number of rotatable bonds is 6. The van der Waals surface area contributed by atoms with Crippen LogP contribution in [0.2, 0.25) is 0 Å². The summed E-state index contributed by atoms with van der Waals surface area (Å²) in [7, 11) is 0. The largest absolute Gasteiger partial charge is 0.435 e. The molecule has 0 heterocycles. The van der Waals surface area contributed by atoms with Crippen LogP contribution in [0.15, 0.2) is 24.3 Å². The van der Waals surface area contributed by atoms with E-state index in [9.17, 15) is 19.0 Å². The van der Waals surface area contributed by atoms with Crippen LogP contribution in [0, 0.1) is 0 Å².